The number of nitrogens with one attached hydrogen (secondary N) is 1. The Labute approximate surface area is 184 Å². The van der Waals surface area contributed by atoms with Crippen LogP contribution >= 0.6 is 23.1 Å². The molecule has 0 unspecified atom stereocenters. The normalized spacial score (nSPS) is 11.4. The molecule has 9 heteroatoms. The van der Waals surface area contributed by atoms with Crippen molar-refractivity contribution in [2.24, 2.45) is 5.41 Å². The molecule has 0 saturated heterocycles. The molecule has 1 amide bonds. The molecule has 0 fully saturated rings. The second kappa shape index (κ2) is 9.53. The summed E-state index contributed by atoms with van der Waals surface area (Å²) in [6, 6.07) is 5.01. The lowest BCUT2D eigenvalue weighted by atomic mass is 9.91. The van der Waals surface area contributed by atoms with E-state index in [0.29, 0.717) is 33.8 Å². The van der Waals surface area contributed by atoms with E-state index in [1.807, 2.05) is 0 Å². The van der Waals surface area contributed by atoms with E-state index in [1.165, 1.54) is 18.4 Å². The number of aromatic nitrogens is 2. The number of hydrogen-bond donors (Lipinski definition) is 1. The molecular weight excluding hydrogens is 422 g/mol. The number of hydrogen-bond acceptors (Lipinski definition) is 8. The minimum atomic E-state index is -0.263. The predicted octanol–water partition coefficient (Wildman–Crippen LogP) is 5.28. The Bertz CT molecular complexity index is 1010. The number of thiazole rings is 1. The highest BCUT2D eigenvalue weighted by molar-refractivity contribution is 8.00. The third kappa shape index (κ3) is 5.99. The van der Waals surface area contributed by atoms with Crippen molar-refractivity contribution in [2.75, 3.05) is 19.5 Å². The van der Waals surface area contributed by atoms with Crippen LogP contribution in [0.1, 0.15) is 42.8 Å². The Morgan fingerprint density at radius 2 is 1.93 bits per heavy atom. The topological polar surface area (TPSA) is 86.5 Å². The van der Waals surface area contributed by atoms with Crippen molar-refractivity contribution in [3.8, 4) is 11.5 Å². The smallest absolute Gasteiger partial charge is 0.257 e. The molecule has 0 bridgehead atoms. The molecule has 0 aliphatic rings. The van der Waals surface area contributed by atoms with E-state index in [0.717, 1.165) is 16.4 Å². The zero-order chi connectivity index (χ0) is 21.7. The van der Waals surface area contributed by atoms with Gasteiger partial charge in [0, 0.05) is 12.0 Å². The van der Waals surface area contributed by atoms with Crippen molar-refractivity contribution >= 4 is 34.1 Å². The van der Waals surface area contributed by atoms with E-state index < -0.39 is 0 Å². The second-order valence-electron chi connectivity index (χ2n) is 7.75. The van der Waals surface area contributed by atoms with Crippen LogP contribution in [0.3, 0.4) is 0 Å². The summed E-state index contributed by atoms with van der Waals surface area (Å²) in [7, 11) is 3.08. The van der Waals surface area contributed by atoms with Gasteiger partial charge in [-0.3, -0.25) is 10.1 Å². The van der Waals surface area contributed by atoms with Gasteiger partial charge in [-0.15, -0.1) is 11.8 Å². The van der Waals surface area contributed by atoms with Crippen molar-refractivity contribution < 1.29 is 18.7 Å². The number of benzene rings is 1. The van der Waals surface area contributed by atoms with Crippen molar-refractivity contribution in [3.63, 3.8) is 0 Å². The second-order valence-corrected chi connectivity index (χ2v) is 10.1. The van der Waals surface area contributed by atoms with Crippen LogP contribution in [0.4, 0.5) is 5.13 Å². The van der Waals surface area contributed by atoms with Gasteiger partial charge in [-0.1, -0.05) is 32.1 Å². The molecule has 2 aromatic heterocycles. The number of oxazole rings is 1. The molecule has 1 N–H and O–H groups in total. The largest absolute Gasteiger partial charge is 0.493 e. The minimum absolute atomic E-state index is 0.155. The summed E-state index contributed by atoms with van der Waals surface area (Å²) in [5, 5.41) is 3.34. The van der Waals surface area contributed by atoms with E-state index in [9.17, 15) is 4.79 Å². The number of rotatable bonds is 8. The van der Waals surface area contributed by atoms with Crippen LogP contribution in [-0.2, 0) is 12.2 Å². The van der Waals surface area contributed by atoms with Crippen LogP contribution in [0, 0.1) is 5.41 Å². The van der Waals surface area contributed by atoms with Crippen LogP contribution in [-0.4, -0.2) is 30.1 Å². The first-order chi connectivity index (χ1) is 14.3. The van der Waals surface area contributed by atoms with Gasteiger partial charge in [-0.2, -0.15) is 0 Å². The van der Waals surface area contributed by atoms with Gasteiger partial charge < -0.3 is 13.9 Å². The Morgan fingerprint density at radius 3 is 2.63 bits per heavy atom. The SMILES string of the molecule is COc1ccc(C(=O)Nc2ncc(SCc3ncc(CC(C)(C)C)o3)s2)cc1OC. The maximum absolute atomic E-state index is 12.5. The third-order valence-electron chi connectivity index (χ3n) is 3.99. The van der Waals surface area contributed by atoms with Crippen molar-refractivity contribution in [1.82, 2.24) is 9.97 Å². The molecule has 3 aromatic rings. The zero-order valence-electron chi connectivity index (χ0n) is 17.6. The summed E-state index contributed by atoms with van der Waals surface area (Å²) in [6.45, 7) is 6.50. The molecule has 0 aliphatic heterocycles. The Hall–Kier alpha value is -2.52. The molecule has 2 heterocycles. The maximum Gasteiger partial charge on any atom is 0.257 e. The molecule has 3 rings (SSSR count). The van der Waals surface area contributed by atoms with Gasteiger partial charge in [-0.25, -0.2) is 9.97 Å². The third-order valence-corrected chi connectivity index (χ3v) is 6.09. The molecule has 30 heavy (non-hydrogen) atoms. The van der Waals surface area contributed by atoms with Crippen molar-refractivity contribution in [2.45, 2.75) is 37.2 Å². The molecule has 7 nitrogen and oxygen atoms in total. The summed E-state index contributed by atoms with van der Waals surface area (Å²) in [4.78, 5) is 21.1. The van der Waals surface area contributed by atoms with Crippen molar-refractivity contribution in [3.05, 3.63) is 47.8 Å². The van der Waals surface area contributed by atoms with Gasteiger partial charge in [0.1, 0.15) is 5.76 Å². The average molecular weight is 448 g/mol. The Balaban J connectivity index is 1.57. The Kier molecular flexibility index (Phi) is 7.04. The van der Waals surface area contributed by atoms with E-state index in [4.69, 9.17) is 13.9 Å². The van der Waals surface area contributed by atoms with Gasteiger partial charge in [-0.05, 0) is 23.6 Å². The first-order valence-electron chi connectivity index (χ1n) is 9.33. The number of carbonyl (C=O) groups excluding carboxylic acids is 1. The monoisotopic (exact) mass is 447 g/mol. The number of carbonyl (C=O) groups is 1. The molecule has 0 saturated carbocycles. The molecule has 0 aliphatic carbocycles. The lowest BCUT2D eigenvalue weighted by Crippen LogP contribution is -2.11. The van der Waals surface area contributed by atoms with Crippen LogP contribution in [0.5, 0.6) is 11.5 Å². The predicted molar refractivity (Wildman–Crippen MR) is 119 cm³/mol. The van der Waals surface area contributed by atoms with Crippen LogP contribution in [0.15, 0.2) is 39.2 Å². The summed E-state index contributed by atoms with van der Waals surface area (Å²) >= 11 is 2.98. The van der Waals surface area contributed by atoms with Gasteiger partial charge in [0.15, 0.2) is 16.6 Å². The molecular formula is C21H25N3O4S2. The average Bonchev–Trinajstić information content (AvgIpc) is 3.33. The number of anilines is 1. The fourth-order valence-corrected chi connectivity index (χ4v) is 4.40. The fraction of sp³-hybridized carbons (Fsp3) is 0.381. The molecule has 0 radical (unpaired) electrons. The number of nitrogens with zero attached hydrogens (tertiary/aromatic N) is 2. The molecule has 0 atom stereocenters. The first kappa shape index (κ1) is 22.2. The van der Waals surface area contributed by atoms with Gasteiger partial charge in [0.05, 0.1) is 36.6 Å². The van der Waals surface area contributed by atoms with Crippen LogP contribution in [0.25, 0.3) is 0 Å². The summed E-state index contributed by atoms with van der Waals surface area (Å²) < 4.78 is 17.2. The van der Waals surface area contributed by atoms with Gasteiger partial charge >= 0.3 is 0 Å². The molecule has 1 aromatic carbocycles. The molecule has 0 spiro atoms. The van der Waals surface area contributed by atoms with E-state index in [2.05, 4.69) is 36.1 Å². The number of amides is 1. The lowest BCUT2D eigenvalue weighted by molar-refractivity contribution is 0.102. The quantitative estimate of drug-likeness (QED) is 0.470. The fourth-order valence-electron chi connectivity index (χ4n) is 2.68. The van der Waals surface area contributed by atoms with Crippen LogP contribution < -0.4 is 14.8 Å². The highest BCUT2D eigenvalue weighted by atomic mass is 32.2. The van der Waals surface area contributed by atoms with E-state index in [-0.39, 0.29) is 11.3 Å². The number of thioether (sulfide) groups is 1. The van der Waals surface area contributed by atoms with Gasteiger partial charge in [0.2, 0.25) is 5.89 Å². The Morgan fingerprint density at radius 1 is 1.17 bits per heavy atom. The number of methoxy groups -OCH3 is 2. The summed E-state index contributed by atoms with van der Waals surface area (Å²) in [6.07, 6.45) is 4.37. The highest BCUT2D eigenvalue weighted by Crippen LogP contribution is 2.32. The number of ether oxygens (including phenoxy) is 2. The van der Waals surface area contributed by atoms with Gasteiger partial charge in [0.25, 0.3) is 5.91 Å². The zero-order valence-corrected chi connectivity index (χ0v) is 19.3. The summed E-state index contributed by atoms with van der Waals surface area (Å²) in [5.74, 6) is 2.99. The highest BCUT2D eigenvalue weighted by Gasteiger charge is 2.16. The van der Waals surface area contributed by atoms with Crippen molar-refractivity contribution in [1.29, 1.82) is 0 Å². The lowest BCUT2D eigenvalue weighted by Gasteiger charge is -2.15. The van der Waals surface area contributed by atoms with Crippen LogP contribution in [0.2, 0.25) is 0 Å². The summed E-state index contributed by atoms with van der Waals surface area (Å²) in [5.41, 5.74) is 0.617. The standard InChI is InChI=1S/C21H25N3O4S2/c1-21(2,3)9-14-10-22-17(28-14)12-29-18-11-23-20(30-18)24-19(25)13-6-7-15(26-4)16(8-13)27-5/h6-8,10-11H,9,12H2,1-5H3,(H,23,24,25). The maximum atomic E-state index is 12.5. The first-order valence-corrected chi connectivity index (χ1v) is 11.1. The molecule has 160 valence electrons. The minimum Gasteiger partial charge on any atom is -0.493 e. The van der Waals surface area contributed by atoms with E-state index in [1.54, 1.807) is 49.5 Å². The van der Waals surface area contributed by atoms with E-state index >= 15 is 0 Å².